The number of rotatable bonds is 2. The Kier molecular flexibility index (Phi) is 2.49. The molecule has 0 unspecified atom stereocenters. The van der Waals surface area contributed by atoms with Gasteiger partial charge < -0.3 is 0 Å². The van der Waals surface area contributed by atoms with Gasteiger partial charge in [-0.1, -0.05) is 12.7 Å². The smallest absolute Gasteiger partial charge is 0.225 e. The van der Waals surface area contributed by atoms with Crippen molar-refractivity contribution in [2.45, 2.75) is 4.90 Å². The summed E-state index contributed by atoms with van der Waals surface area (Å²) < 4.78 is 34.5. The zero-order chi connectivity index (χ0) is 10.1. The quantitative estimate of drug-likeness (QED) is 0.779. The van der Waals surface area contributed by atoms with Gasteiger partial charge in [-0.25, -0.2) is 17.9 Å². The zero-order valence-electron chi connectivity index (χ0n) is 6.70. The minimum atomic E-state index is -3.80. The first-order valence-electron chi connectivity index (χ1n) is 3.40. The maximum Gasteiger partial charge on any atom is 0.238 e. The van der Waals surface area contributed by atoms with Crippen LogP contribution in [0.4, 0.5) is 4.39 Å². The van der Waals surface area contributed by atoms with Crippen LogP contribution < -0.4 is 5.14 Å². The molecule has 0 aliphatic heterocycles. The van der Waals surface area contributed by atoms with Gasteiger partial charge in [-0.15, -0.1) is 0 Å². The number of hydrogen-bond acceptors (Lipinski definition) is 2. The Labute approximate surface area is 75.7 Å². The van der Waals surface area contributed by atoms with Gasteiger partial charge in [0.25, 0.3) is 0 Å². The molecule has 5 heteroatoms. The second kappa shape index (κ2) is 3.27. The molecule has 0 spiro atoms. The van der Waals surface area contributed by atoms with E-state index < -0.39 is 15.8 Å². The van der Waals surface area contributed by atoms with E-state index in [-0.39, 0.29) is 10.5 Å². The van der Waals surface area contributed by atoms with E-state index >= 15 is 0 Å². The van der Waals surface area contributed by atoms with Gasteiger partial charge in [0.15, 0.2) is 0 Å². The molecule has 3 nitrogen and oxygen atoms in total. The zero-order valence-corrected chi connectivity index (χ0v) is 7.51. The summed E-state index contributed by atoms with van der Waals surface area (Å²) in [6, 6.07) is 3.21. The molecule has 0 saturated heterocycles. The Morgan fingerprint density at radius 2 is 2.08 bits per heavy atom. The van der Waals surface area contributed by atoms with Crippen molar-refractivity contribution in [3.05, 3.63) is 36.2 Å². The van der Waals surface area contributed by atoms with Gasteiger partial charge in [0, 0.05) is 0 Å². The number of primary sulfonamides is 1. The summed E-state index contributed by atoms with van der Waals surface area (Å²) in [6.07, 6.45) is 1.24. The largest absolute Gasteiger partial charge is 0.238 e. The lowest BCUT2D eigenvalue weighted by Gasteiger charge is -2.02. The van der Waals surface area contributed by atoms with Gasteiger partial charge in [0.05, 0.1) is 4.90 Å². The van der Waals surface area contributed by atoms with Crippen molar-refractivity contribution in [2.24, 2.45) is 5.14 Å². The van der Waals surface area contributed by atoms with Crippen LogP contribution in [-0.2, 0) is 10.0 Å². The normalized spacial score (nSPS) is 11.2. The van der Waals surface area contributed by atoms with E-state index in [0.717, 1.165) is 18.2 Å². The van der Waals surface area contributed by atoms with Crippen molar-refractivity contribution in [2.75, 3.05) is 0 Å². The Morgan fingerprint density at radius 1 is 1.46 bits per heavy atom. The van der Waals surface area contributed by atoms with Crippen molar-refractivity contribution in [3.63, 3.8) is 0 Å². The van der Waals surface area contributed by atoms with Crippen molar-refractivity contribution >= 4 is 16.1 Å². The maximum absolute atomic E-state index is 12.6. The Bertz CT molecular complexity index is 439. The van der Waals surface area contributed by atoms with Crippen LogP contribution in [0.25, 0.3) is 6.08 Å². The highest BCUT2D eigenvalue weighted by Crippen LogP contribution is 2.16. The third-order valence-corrected chi connectivity index (χ3v) is 2.48. The fraction of sp³-hybridized carbons (Fsp3) is 0. The second-order valence-corrected chi connectivity index (χ2v) is 3.96. The van der Waals surface area contributed by atoms with E-state index in [1.54, 1.807) is 0 Å². The molecule has 0 bridgehead atoms. The molecule has 0 fully saturated rings. The minimum absolute atomic E-state index is 0.121. The molecular formula is C8H8FNO2S. The van der Waals surface area contributed by atoms with E-state index in [2.05, 4.69) is 6.58 Å². The number of hydrogen-bond donors (Lipinski definition) is 1. The summed E-state index contributed by atoms with van der Waals surface area (Å²) in [6.45, 7) is 3.36. The third-order valence-electron chi connectivity index (χ3n) is 1.50. The first kappa shape index (κ1) is 9.88. The van der Waals surface area contributed by atoms with Crippen LogP contribution >= 0.6 is 0 Å². The average molecular weight is 201 g/mol. The lowest BCUT2D eigenvalue weighted by Crippen LogP contribution is -2.13. The predicted molar refractivity (Wildman–Crippen MR) is 47.9 cm³/mol. The average Bonchev–Trinajstić information content (AvgIpc) is 2.01. The summed E-state index contributed by atoms with van der Waals surface area (Å²) in [5.74, 6) is -0.526. The monoisotopic (exact) mass is 201 g/mol. The molecule has 1 aromatic rings. The Morgan fingerprint density at radius 3 is 2.54 bits per heavy atom. The molecule has 1 rings (SSSR count). The van der Waals surface area contributed by atoms with Crippen LogP contribution in [0.15, 0.2) is 29.7 Å². The predicted octanol–water partition coefficient (Wildman–Crippen LogP) is 1.12. The molecule has 0 amide bonds. The van der Waals surface area contributed by atoms with Gasteiger partial charge in [0.2, 0.25) is 10.0 Å². The lowest BCUT2D eigenvalue weighted by atomic mass is 10.2. The minimum Gasteiger partial charge on any atom is -0.225 e. The van der Waals surface area contributed by atoms with Crippen molar-refractivity contribution < 1.29 is 12.8 Å². The molecule has 2 N–H and O–H groups in total. The van der Waals surface area contributed by atoms with Gasteiger partial charge >= 0.3 is 0 Å². The Balaban J connectivity index is 3.47. The Hall–Kier alpha value is -1.20. The summed E-state index contributed by atoms with van der Waals surface area (Å²) >= 11 is 0. The van der Waals surface area contributed by atoms with Crippen LogP contribution in [-0.4, -0.2) is 8.42 Å². The van der Waals surface area contributed by atoms with Gasteiger partial charge in [-0.05, 0) is 23.8 Å². The fourth-order valence-electron chi connectivity index (χ4n) is 0.938. The molecule has 0 radical (unpaired) electrons. The molecular weight excluding hydrogens is 193 g/mol. The van der Waals surface area contributed by atoms with E-state index in [9.17, 15) is 12.8 Å². The highest BCUT2D eigenvalue weighted by molar-refractivity contribution is 7.89. The SMILES string of the molecule is C=Cc1cc(F)ccc1S(N)(=O)=O. The highest BCUT2D eigenvalue weighted by Gasteiger charge is 2.11. The van der Waals surface area contributed by atoms with Gasteiger partial charge in [-0.3, -0.25) is 0 Å². The van der Waals surface area contributed by atoms with Gasteiger partial charge in [0.1, 0.15) is 5.82 Å². The molecule has 1 aromatic carbocycles. The van der Waals surface area contributed by atoms with Gasteiger partial charge in [-0.2, -0.15) is 0 Å². The lowest BCUT2D eigenvalue weighted by molar-refractivity contribution is 0.596. The van der Waals surface area contributed by atoms with Crippen LogP contribution in [0, 0.1) is 5.82 Å². The fourth-order valence-corrected chi connectivity index (χ4v) is 1.67. The molecule has 0 aliphatic carbocycles. The van der Waals surface area contributed by atoms with Crippen molar-refractivity contribution in [1.82, 2.24) is 0 Å². The summed E-state index contributed by atoms with van der Waals surface area (Å²) in [7, 11) is -3.80. The summed E-state index contributed by atoms with van der Waals surface area (Å²) in [5.41, 5.74) is 0.169. The summed E-state index contributed by atoms with van der Waals surface area (Å²) in [4.78, 5) is -0.121. The molecule has 0 heterocycles. The van der Waals surface area contributed by atoms with E-state index in [1.807, 2.05) is 0 Å². The van der Waals surface area contributed by atoms with E-state index in [1.165, 1.54) is 6.08 Å². The molecule has 0 saturated carbocycles. The van der Waals surface area contributed by atoms with Crippen molar-refractivity contribution in [1.29, 1.82) is 0 Å². The third kappa shape index (κ3) is 2.13. The van der Waals surface area contributed by atoms with Crippen LogP contribution in [0.2, 0.25) is 0 Å². The molecule has 0 atom stereocenters. The maximum atomic E-state index is 12.6. The number of sulfonamides is 1. The highest BCUT2D eigenvalue weighted by atomic mass is 32.2. The topological polar surface area (TPSA) is 60.2 Å². The summed E-state index contributed by atoms with van der Waals surface area (Å²) in [5, 5.41) is 4.89. The molecule has 70 valence electrons. The number of benzene rings is 1. The standard InChI is InChI=1S/C8H8FNO2S/c1-2-6-5-7(9)3-4-8(6)13(10,11)12/h2-5H,1H2,(H2,10,11,12). The van der Waals surface area contributed by atoms with Crippen LogP contribution in [0.5, 0.6) is 0 Å². The first-order valence-corrected chi connectivity index (χ1v) is 4.94. The molecule has 0 aromatic heterocycles. The second-order valence-electron chi connectivity index (χ2n) is 2.43. The number of halogens is 1. The van der Waals surface area contributed by atoms with E-state index in [4.69, 9.17) is 5.14 Å². The van der Waals surface area contributed by atoms with E-state index in [0.29, 0.717) is 0 Å². The number of nitrogens with two attached hydrogens (primary N) is 1. The van der Waals surface area contributed by atoms with Crippen LogP contribution in [0.1, 0.15) is 5.56 Å². The molecule has 13 heavy (non-hydrogen) atoms. The first-order chi connectivity index (χ1) is 5.95. The van der Waals surface area contributed by atoms with Crippen molar-refractivity contribution in [3.8, 4) is 0 Å². The molecule has 0 aliphatic rings. The van der Waals surface area contributed by atoms with Crippen LogP contribution in [0.3, 0.4) is 0 Å².